The van der Waals surface area contributed by atoms with Crippen molar-refractivity contribution in [2.24, 2.45) is 5.84 Å². The second kappa shape index (κ2) is 5.93. The Morgan fingerprint density at radius 2 is 1.90 bits per heavy atom. The van der Waals surface area contributed by atoms with Crippen LogP contribution in [0.3, 0.4) is 0 Å². The normalized spacial score (nSPS) is 12.5. The van der Waals surface area contributed by atoms with Crippen LogP contribution in [0.15, 0.2) is 59.2 Å². The van der Waals surface area contributed by atoms with Gasteiger partial charge in [0.05, 0.1) is 11.6 Å². The molecule has 0 aliphatic carbocycles. The first-order chi connectivity index (χ1) is 10.2. The Kier molecular flexibility index (Phi) is 4.01. The number of aromatic nitrogens is 1. The molecule has 2 aromatic carbocycles. The van der Waals surface area contributed by atoms with Gasteiger partial charge in [-0.15, -0.1) is 0 Å². The third-order valence-electron chi connectivity index (χ3n) is 3.64. The standard InChI is InChI=1S/C17H16BrN3/c1-11-6-7-13(9-15(11)18)17(21-19)14-8-12-4-2-3-5-16(12)20-10-14/h2-10,17,21H,19H2,1H3. The van der Waals surface area contributed by atoms with Crippen LogP contribution in [0, 0.1) is 6.92 Å². The predicted molar refractivity (Wildman–Crippen MR) is 89.8 cm³/mol. The van der Waals surface area contributed by atoms with E-state index < -0.39 is 0 Å². The molecule has 3 nitrogen and oxygen atoms in total. The van der Waals surface area contributed by atoms with Crippen molar-refractivity contribution in [1.82, 2.24) is 10.4 Å². The van der Waals surface area contributed by atoms with Crippen molar-refractivity contribution in [1.29, 1.82) is 0 Å². The van der Waals surface area contributed by atoms with Gasteiger partial charge in [0.15, 0.2) is 0 Å². The fraction of sp³-hybridized carbons (Fsp3) is 0.118. The number of nitrogens with one attached hydrogen (secondary N) is 1. The molecular formula is C17H16BrN3. The highest BCUT2D eigenvalue weighted by Gasteiger charge is 2.14. The number of aryl methyl sites for hydroxylation is 1. The minimum atomic E-state index is -0.0843. The summed E-state index contributed by atoms with van der Waals surface area (Å²) in [5.74, 6) is 5.78. The second-order valence-corrected chi connectivity index (χ2v) is 5.92. The molecule has 0 aliphatic heterocycles. The molecule has 1 heterocycles. The lowest BCUT2D eigenvalue weighted by Crippen LogP contribution is -2.29. The maximum Gasteiger partial charge on any atom is 0.0725 e. The zero-order valence-corrected chi connectivity index (χ0v) is 13.3. The number of benzene rings is 2. The summed E-state index contributed by atoms with van der Waals surface area (Å²) in [5, 5.41) is 1.11. The summed E-state index contributed by atoms with van der Waals surface area (Å²) in [6, 6.07) is 16.4. The predicted octanol–water partition coefficient (Wildman–Crippen LogP) is 3.86. The van der Waals surface area contributed by atoms with Crippen LogP contribution in [0.5, 0.6) is 0 Å². The lowest BCUT2D eigenvalue weighted by Gasteiger charge is -2.18. The van der Waals surface area contributed by atoms with E-state index in [1.165, 1.54) is 5.56 Å². The Labute approximate surface area is 132 Å². The molecule has 0 amide bonds. The molecule has 21 heavy (non-hydrogen) atoms. The number of hydrogen-bond donors (Lipinski definition) is 2. The smallest absolute Gasteiger partial charge is 0.0725 e. The molecule has 4 heteroatoms. The minimum absolute atomic E-state index is 0.0843. The van der Waals surface area contributed by atoms with Crippen molar-refractivity contribution < 1.29 is 0 Å². The Morgan fingerprint density at radius 3 is 2.67 bits per heavy atom. The zero-order chi connectivity index (χ0) is 14.8. The maximum atomic E-state index is 5.78. The van der Waals surface area contributed by atoms with Gasteiger partial charge in [0.25, 0.3) is 0 Å². The Morgan fingerprint density at radius 1 is 1.10 bits per heavy atom. The number of fused-ring (bicyclic) bond motifs is 1. The molecule has 0 saturated carbocycles. The van der Waals surface area contributed by atoms with Crippen molar-refractivity contribution >= 4 is 26.8 Å². The van der Waals surface area contributed by atoms with Crippen LogP contribution in [0.2, 0.25) is 0 Å². The Bertz CT molecular complexity index is 786. The quantitative estimate of drug-likeness (QED) is 0.561. The fourth-order valence-electron chi connectivity index (χ4n) is 2.42. The van der Waals surface area contributed by atoms with Crippen LogP contribution in [-0.2, 0) is 0 Å². The van der Waals surface area contributed by atoms with Gasteiger partial charge in [-0.2, -0.15) is 0 Å². The summed E-state index contributed by atoms with van der Waals surface area (Å²) < 4.78 is 1.08. The van der Waals surface area contributed by atoms with Crippen molar-refractivity contribution in [3.8, 4) is 0 Å². The van der Waals surface area contributed by atoms with Crippen LogP contribution in [-0.4, -0.2) is 4.98 Å². The van der Waals surface area contributed by atoms with Crippen LogP contribution in [0.1, 0.15) is 22.7 Å². The van der Waals surface area contributed by atoms with E-state index in [0.29, 0.717) is 0 Å². The lowest BCUT2D eigenvalue weighted by atomic mass is 9.98. The van der Waals surface area contributed by atoms with Gasteiger partial charge >= 0.3 is 0 Å². The topological polar surface area (TPSA) is 50.9 Å². The van der Waals surface area contributed by atoms with Crippen molar-refractivity contribution in [3.05, 3.63) is 75.9 Å². The molecular weight excluding hydrogens is 326 g/mol. The molecule has 3 N–H and O–H groups in total. The number of nitrogens with zero attached hydrogens (tertiary/aromatic N) is 1. The molecule has 3 aromatic rings. The van der Waals surface area contributed by atoms with Gasteiger partial charge in [-0.1, -0.05) is 46.3 Å². The number of rotatable bonds is 3. The lowest BCUT2D eigenvalue weighted by molar-refractivity contribution is 0.635. The highest BCUT2D eigenvalue weighted by atomic mass is 79.9. The minimum Gasteiger partial charge on any atom is -0.271 e. The van der Waals surface area contributed by atoms with Gasteiger partial charge in [0.2, 0.25) is 0 Å². The van der Waals surface area contributed by atoms with E-state index in [9.17, 15) is 0 Å². The molecule has 3 rings (SSSR count). The highest BCUT2D eigenvalue weighted by Crippen LogP contribution is 2.27. The van der Waals surface area contributed by atoms with E-state index in [1.54, 1.807) is 0 Å². The van der Waals surface area contributed by atoms with E-state index in [4.69, 9.17) is 5.84 Å². The third kappa shape index (κ3) is 2.83. The van der Waals surface area contributed by atoms with E-state index in [-0.39, 0.29) is 6.04 Å². The van der Waals surface area contributed by atoms with E-state index in [2.05, 4.69) is 63.6 Å². The van der Waals surface area contributed by atoms with Crippen LogP contribution >= 0.6 is 15.9 Å². The number of pyridine rings is 1. The Balaban J connectivity index is 2.06. The van der Waals surface area contributed by atoms with E-state index in [1.807, 2.05) is 24.4 Å². The summed E-state index contributed by atoms with van der Waals surface area (Å²) in [5.41, 5.74) is 7.23. The first kappa shape index (κ1) is 14.2. The molecule has 0 spiro atoms. The first-order valence-electron chi connectivity index (χ1n) is 6.76. The SMILES string of the molecule is Cc1ccc(C(NN)c2cnc3ccccc3c2)cc1Br. The number of hydrogen-bond acceptors (Lipinski definition) is 3. The number of hydrazine groups is 1. The second-order valence-electron chi connectivity index (χ2n) is 5.07. The van der Waals surface area contributed by atoms with Gasteiger partial charge in [-0.3, -0.25) is 10.8 Å². The van der Waals surface area contributed by atoms with E-state index >= 15 is 0 Å². The molecule has 1 aromatic heterocycles. The summed E-state index contributed by atoms with van der Waals surface area (Å²) in [6.07, 6.45) is 1.88. The van der Waals surface area contributed by atoms with Gasteiger partial charge in [-0.25, -0.2) is 5.43 Å². The molecule has 0 bridgehead atoms. The average Bonchev–Trinajstić information content (AvgIpc) is 2.51. The molecule has 1 atom stereocenters. The van der Waals surface area contributed by atoms with Crippen molar-refractivity contribution in [2.75, 3.05) is 0 Å². The fourth-order valence-corrected chi connectivity index (χ4v) is 2.82. The number of halogens is 1. The third-order valence-corrected chi connectivity index (χ3v) is 4.50. The summed E-state index contributed by atoms with van der Waals surface area (Å²) in [4.78, 5) is 4.51. The zero-order valence-electron chi connectivity index (χ0n) is 11.7. The summed E-state index contributed by atoms with van der Waals surface area (Å²) in [6.45, 7) is 2.07. The van der Waals surface area contributed by atoms with Crippen LogP contribution < -0.4 is 11.3 Å². The molecule has 106 valence electrons. The number of para-hydroxylation sites is 1. The molecule has 0 aliphatic rings. The first-order valence-corrected chi connectivity index (χ1v) is 7.55. The highest BCUT2D eigenvalue weighted by molar-refractivity contribution is 9.10. The maximum absolute atomic E-state index is 5.78. The van der Waals surface area contributed by atoms with Gasteiger partial charge in [-0.05, 0) is 41.8 Å². The molecule has 0 saturated heterocycles. The van der Waals surface area contributed by atoms with Crippen molar-refractivity contribution in [2.45, 2.75) is 13.0 Å². The van der Waals surface area contributed by atoms with Gasteiger partial charge in [0.1, 0.15) is 0 Å². The summed E-state index contributed by atoms with van der Waals surface area (Å²) in [7, 11) is 0. The Hall–Kier alpha value is -1.75. The van der Waals surface area contributed by atoms with Gasteiger partial charge in [0, 0.05) is 16.1 Å². The average molecular weight is 342 g/mol. The molecule has 0 fully saturated rings. The largest absolute Gasteiger partial charge is 0.271 e. The van der Waals surface area contributed by atoms with E-state index in [0.717, 1.165) is 26.5 Å². The molecule has 0 radical (unpaired) electrons. The number of nitrogens with two attached hydrogens (primary N) is 1. The summed E-state index contributed by atoms with van der Waals surface area (Å²) >= 11 is 3.57. The van der Waals surface area contributed by atoms with Gasteiger partial charge < -0.3 is 0 Å². The van der Waals surface area contributed by atoms with Crippen molar-refractivity contribution in [3.63, 3.8) is 0 Å². The monoisotopic (exact) mass is 341 g/mol. The molecule has 1 unspecified atom stereocenters. The van der Waals surface area contributed by atoms with Crippen LogP contribution in [0.25, 0.3) is 10.9 Å². The van der Waals surface area contributed by atoms with Crippen LogP contribution in [0.4, 0.5) is 0 Å².